The van der Waals surface area contributed by atoms with Crippen LogP contribution in [0.2, 0.25) is 0 Å². The van der Waals surface area contributed by atoms with Crippen molar-refractivity contribution in [2.45, 2.75) is 198 Å². The van der Waals surface area contributed by atoms with E-state index in [0.717, 1.165) is 6.42 Å². The van der Waals surface area contributed by atoms with Crippen LogP contribution >= 0.6 is 0 Å². The molecule has 0 unspecified atom stereocenters. The average molecular weight is 806 g/mol. The third kappa shape index (κ3) is 11.0. The summed E-state index contributed by atoms with van der Waals surface area (Å²) in [6, 6.07) is -0.877. The summed E-state index contributed by atoms with van der Waals surface area (Å²) in [4.78, 5) is 16.2. The number of nitrogens with zero attached hydrogens (tertiary/aromatic N) is 1. The Morgan fingerprint density at radius 3 is 2.18 bits per heavy atom. The quantitative estimate of drug-likeness (QED) is 0.118. The lowest BCUT2D eigenvalue weighted by atomic mass is 9.75. The van der Waals surface area contributed by atoms with Crippen molar-refractivity contribution in [3.8, 4) is 0 Å². The van der Waals surface area contributed by atoms with Crippen LogP contribution < -0.4 is 10.6 Å². The van der Waals surface area contributed by atoms with E-state index >= 15 is 0 Å². The number of likely N-dealkylation sites (N-methyl/N-ethyl adjacent to an activating group) is 1. The van der Waals surface area contributed by atoms with Gasteiger partial charge < -0.3 is 69.5 Å². The first-order valence-corrected chi connectivity index (χ1v) is 20.9. The number of hydrogen-bond acceptors (Lipinski definition) is 15. The number of carbonyl (C=O) groups excluding carboxylic acids is 1. The predicted molar refractivity (Wildman–Crippen MR) is 212 cm³/mol. The number of aliphatic hydroxyl groups excluding tert-OH is 2. The standard InChI is InChI=1S/C41H79N3O12/c1-15-17-42-22-41(50)28(8)53-31(20-39(41,10)51-14)55-33-25(5)35(56-37-32(45)29(44(12)13)18-24(4)52-37)38(9,48)19-23(3)21-43-27(7)34(46)40(11,49)30(16-2)54-36(47)26(33)6/h23-35,37,42-43,45-46,48-50H,15-22H2,1-14H3/t23-,24-,25-,26+,27+,28+,29+,30-,31-,32+,33+,34-,35-,37+,38+,39+,40+,41+/m1/s1. The zero-order chi connectivity index (χ0) is 42.6. The number of rotatable bonds is 11. The number of carbonyl (C=O) groups is 1. The Balaban J connectivity index is 2.16. The van der Waals surface area contributed by atoms with E-state index in [1.54, 1.807) is 34.6 Å². The molecule has 0 aliphatic carbocycles. The lowest BCUT2D eigenvalue weighted by Crippen LogP contribution is -2.70. The van der Waals surface area contributed by atoms with Crippen molar-refractivity contribution < 1.29 is 58.7 Å². The minimum Gasteiger partial charge on any atom is -0.459 e. The van der Waals surface area contributed by atoms with Crippen molar-refractivity contribution >= 4 is 5.97 Å². The Morgan fingerprint density at radius 1 is 0.964 bits per heavy atom. The molecule has 56 heavy (non-hydrogen) atoms. The molecule has 3 aliphatic rings. The van der Waals surface area contributed by atoms with Crippen molar-refractivity contribution in [3.05, 3.63) is 0 Å². The molecule has 7 N–H and O–H groups in total. The van der Waals surface area contributed by atoms with E-state index in [1.807, 2.05) is 53.6 Å². The molecule has 0 radical (unpaired) electrons. The summed E-state index contributed by atoms with van der Waals surface area (Å²) in [5.41, 5.74) is -5.95. The second-order valence-corrected chi connectivity index (χ2v) is 18.2. The molecule has 15 nitrogen and oxygen atoms in total. The fourth-order valence-corrected chi connectivity index (χ4v) is 9.21. The molecule has 3 saturated heterocycles. The van der Waals surface area contributed by atoms with Crippen LogP contribution in [0.1, 0.15) is 108 Å². The third-order valence-electron chi connectivity index (χ3n) is 13.0. The molecule has 18 atom stereocenters. The lowest BCUT2D eigenvalue weighted by Gasteiger charge is -2.53. The van der Waals surface area contributed by atoms with E-state index in [0.29, 0.717) is 19.5 Å². The number of methoxy groups -OCH3 is 1. The fourth-order valence-electron chi connectivity index (χ4n) is 9.21. The maximum Gasteiger partial charge on any atom is 0.311 e. The molecule has 3 heterocycles. The lowest BCUT2D eigenvalue weighted by molar-refractivity contribution is -0.336. The van der Waals surface area contributed by atoms with Crippen molar-refractivity contribution in [3.63, 3.8) is 0 Å². The van der Waals surface area contributed by atoms with E-state index in [4.69, 9.17) is 28.4 Å². The van der Waals surface area contributed by atoms with Crippen LogP contribution in [0.25, 0.3) is 0 Å². The predicted octanol–water partition coefficient (Wildman–Crippen LogP) is 1.93. The molecule has 0 amide bonds. The van der Waals surface area contributed by atoms with Crippen molar-refractivity contribution in [1.82, 2.24) is 15.5 Å². The molecule has 3 fully saturated rings. The first-order chi connectivity index (χ1) is 25.9. The highest BCUT2D eigenvalue weighted by molar-refractivity contribution is 5.73. The van der Waals surface area contributed by atoms with Gasteiger partial charge in [0.15, 0.2) is 12.6 Å². The van der Waals surface area contributed by atoms with E-state index < -0.39 is 95.5 Å². The van der Waals surface area contributed by atoms with E-state index in [9.17, 15) is 30.3 Å². The van der Waals surface area contributed by atoms with Crippen LogP contribution in [0.4, 0.5) is 0 Å². The number of nitrogens with one attached hydrogen (secondary N) is 2. The number of ether oxygens (including phenoxy) is 6. The summed E-state index contributed by atoms with van der Waals surface area (Å²) in [5.74, 6) is -2.66. The van der Waals surface area contributed by atoms with E-state index in [2.05, 4.69) is 10.6 Å². The number of cyclic esters (lactones) is 1. The molecule has 3 aliphatic heterocycles. The highest BCUT2D eigenvalue weighted by Crippen LogP contribution is 2.43. The molecule has 330 valence electrons. The highest BCUT2D eigenvalue weighted by atomic mass is 16.7. The maximum absolute atomic E-state index is 14.3. The van der Waals surface area contributed by atoms with Crippen molar-refractivity contribution in [1.29, 1.82) is 0 Å². The van der Waals surface area contributed by atoms with Gasteiger partial charge in [-0.1, -0.05) is 27.7 Å². The Kier molecular flexibility index (Phi) is 17.6. The minimum absolute atomic E-state index is 0.0939. The monoisotopic (exact) mass is 806 g/mol. The van der Waals surface area contributed by atoms with E-state index in [-0.39, 0.29) is 43.9 Å². The summed E-state index contributed by atoms with van der Waals surface area (Å²) in [6.07, 6.45) is -6.71. The number of esters is 1. The zero-order valence-electron chi connectivity index (χ0n) is 36.8. The van der Waals surface area contributed by atoms with Gasteiger partial charge in [0.05, 0.1) is 35.9 Å². The Hall–Kier alpha value is -1.05. The smallest absolute Gasteiger partial charge is 0.311 e. The molecule has 0 aromatic heterocycles. The van der Waals surface area contributed by atoms with Crippen LogP contribution in [0.5, 0.6) is 0 Å². The summed E-state index contributed by atoms with van der Waals surface area (Å²) in [6.45, 7) is 20.9. The molecule has 0 saturated carbocycles. The normalized spacial score (nSPS) is 47.9. The van der Waals surface area contributed by atoms with Gasteiger partial charge in [-0.05, 0) is 107 Å². The largest absolute Gasteiger partial charge is 0.459 e. The first-order valence-electron chi connectivity index (χ1n) is 20.9. The molecule has 0 spiro atoms. The number of hydrogen-bond donors (Lipinski definition) is 7. The van der Waals surface area contributed by atoms with Crippen LogP contribution in [0, 0.1) is 17.8 Å². The van der Waals surface area contributed by atoms with Crippen molar-refractivity contribution in [2.24, 2.45) is 17.8 Å². The second-order valence-electron chi connectivity index (χ2n) is 18.2. The molecular weight excluding hydrogens is 726 g/mol. The van der Waals surface area contributed by atoms with Gasteiger partial charge in [0.25, 0.3) is 0 Å². The van der Waals surface area contributed by atoms with Gasteiger partial charge in [0.1, 0.15) is 35.1 Å². The minimum atomic E-state index is -1.81. The maximum atomic E-state index is 14.3. The van der Waals surface area contributed by atoms with E-state index in [1.165, 1.54) is 14.0 Å². The molecule has 0 bridgehead atoms. The van der Waals surface area contributed by atoms with Crippen LogP contribution in [0.15, 0.2) is 0 Å². The molecular formula is C41H79N3O12. The zero-order valence-corrected chi connectivity index (χ0v) is 36.8. The Morgan fingerprint density at radius 2 is 1.61 bits per heavy atom. The van der Waals surface area contributed by atoms with Gasteiger partial charge in [0.2, 0.25) is 0 Å². The van der Waals surface area contributed by atoms with Gasteiger partial charge >= 0.3 is 5.97 Å². The van der Waals surface area contributed by atoms with Crippen LogP contribution in [-0.2, 0) is 33.2 Å². The fraction of sp³-hybridized carbons (Fsp3) is 0.976. The highest BCUT2D eigenvalue weighted by Gasteiger charge is 2.58. The Labute approximate surface area is 336 Å². The van der Waals surface area contributed by atoms with Crippen molar-refractivity contribution in [2.75, 3.05) is 40.8 Å². The van der Waals surface area contributed by atoms with Crippen LogP contribution in [-0.4, -0.2) is 167 Å². The molecule has 15 heteroatoms. The molecule has 0 aromatic carbocycles. The molecule has 0 aromatic rings. The van der Waals surface area contributed by atoms with Gasteiger partial charge in [-0.3, -0.25) is 4.79 Å². The second kappa shape index (κ2) is 20.0. The van der Waals surface area contributed by atoms with Gasteiger partial charge in [-0.2, -0.15) is 0 Å². The summed E-state index contributed by atoms with van der Waals surface area (Å²) >= 11 is 0. The SMILES string of the molecule is CCCNC[C@]1(O)[C@H](C)O[C@H](O[C@H]2[C@@H](C)[C@@H](O[C@@H]3O[C@H](C)C[C@H](N(C)C)[C@@H]3O)[C@@](C)(O)C[C@@H](C)CN[C@@H](C)[C@@H](O)[C@@](C)(O)[C@@H](CC)OC(=O)[C@H]2C)C[C@]1(C)OC. The average Bonchev–Trinajstić information content (AvgIpc) is 3.12. The topological polar surface area (TPSA) is 201 Å². The molecule has 3 rings (SSSR count). The summed E-state index contributed by atoms with van der Waals surface area (Å²) in [5, 5.41) is 65.8. The Bertz CT molecular complexity index is 1230. The van der Waals surface area contributed by atoms with Gasteiger partial charge in [-0.25, -0.2) is 0 Å². The number of aliphatic hydroxyl groups is 5. The van der Waals surface area contributed by atoms with Gasteiger partial charge in [-0.15, -0.1) is 0 Å². The van der Waals surface area contributed by atoms with Crippen LogP contribution in [0.3, 0.4) is 0 Å². The summed E-state index contributed by atoms with van der Waals surface area (Å²) < 4.78 is 38.3. The van der Waals surface area contributed by atoms with Gasteiger partial charge in [0, 0.05) is 38.1 Å². The summed E-state index contributed by atoms with van der Waals surface area (Å²) in [7, 11) is 5.31. The first kappa shape index (κ1) is 49.3. The third-order valence-corrected chi connectivity index (χ3v) is 13.0.